The van der Waals surface area contributed by atoms with E-state index in [1.807, 2.05) is 85.8 Å². The van der Waals surface area contributed by atoms with Crippen LogP contribution in [-0.4, -0.2) is 42.1 Å². The Bertz CT molecular complexity index is 1770. The molecule has 2 aromatic carbocycles. The van der Waals surface area contributed by atoms with E-state index in [9.17, 15) is 27.3 Å². The number of fused-ring (bicyclic) bond motifs is 2. The molecule has 0 saturated carbocycles. The molecule has 0 bridgehead atoms. The van der Waals surface area contributed by atoms with E-state index in [1.54, 1.807) is 6.07 Å². The van der Waals surface area contributed by atoms with Crippen LogP contribution >= 0.6 is 7.60 Å². The Morgan fingerprint density at radius 1 is 1.00 bits per heavy atom. The minimum atomic E-state index is -4.88. The Kier molecular flexibility index (Phi) is 16.0. The summed E-state index contributed by atoms with van der Waals surface area (Å²) < 4.78 is 47.9. The van der Waals surface area contributed by atoms with Gasteiger partial charge < -0.3 is 30.7 Å². The van der Waals surface area contributed by atoms with Crippen LogP contribution in [0.25, 0.3) is 0 Å². The molecule has 0 radical (unpaired) electrons. The number of benzene rings is 2. The maximum Gasteiger partial charge on any atom is 1.00 e. The SMILES string of the molecule is [CH2-]CN1/C(=C/C=C/C(C)=C/C=C/C2=[N+](CCS(=O)(=O)[O-])c3ccc(C)cc3C2(C)C)C(C)(C)c2cc(P(=O)([O-])[O-])ccc21.[Na+].[Na+].[Na+]. The third kappa shape index (κ3) is 9.58. The molecule has 0 unspecified atom stereocenters. The zero-order chi connectivity index (χ0) is 32.0. The number of nitrogens with zero attached hydrogens (tertiary/aromatic N) is 2. The van der Waals surface area contributed by atoms with Gasteiger partial charge in [-0.15, -0.1) is 6.54 Å². The summed E-state index contributed by atoms with van der Waals surface area (Å²) in [5.74, 6) is -0.487. The first kappa shape index (κ1) is 44.0. The van der Waals surface area contributed by atoms with E-state index < -0.39 is 28.9 Å². The molecule has 8 nitrogen and oxygen atoms in total. The molecular formula is C33H38N2Na3O6PS. The zero-order valence-electron chi connectivity index (χ0n) is 28.5. The first-order chi connectivity index (χ1) is 19.9. The van der Waals surface area contributed by atoms with Gasteiger partial charge in [0.2, 0.25) is 5.69 Å². The molecule has 46 heavy (non-hydrogen) atoms. The second-order valence-electron chi connectivity index (χ2n) is 12.1. The van der Waals surface area contributed by atoms with Crippen LogP contribution in [0.15, 0.2) is 84.1 Å². The molecule has 0 aliphatic carbocycles. The van der Waals surface area contributed by atoms with E-state index in [0.29, 0.717) is 6.54 Å². The standard InChI is InChI=1S/C33H41N2O6PS.3Na/c1-8-34-28-18-16-25(42(36,37)38)22-27(28)33(6,7)30(34)13-9-11-23(2)12-10-14-31-32(4,5)26-21-24(3)15-17-29(26)35(31)19-20-43(39,40)41;;;/h9-18,21-22H,1,8,19-20H2,2-7H3,(H2,36,37,38)(H,39,40,41);;;/q;3*+1/p-3. The van der Waals surface area contributed by atoms with Crippen molar-refractivity contribution in [2.75, 3.05) is 23.7 Å². The summed E-state index contributed by atoms with van der Waals surface area (Å²) in [5, 5.41) is -0.222. The molecule has 0 saturated heterocycles. The summed E-state index contributed by atoms with van der Waals surface area (Å²) in [6.45, 7) is 16.7. The summed E-state index contributed by atoms with van der Waals surface area (Å²) in [7, 11) is -9.26. The second kappa shape index (κ2) is 16.8. The molecule has 0 aromatic heterocycles. The van der Waals surface area contributed by atoms with Crippen molar-refractivity contribution in [2.24, 2.45) is 0 Å². The van der Waals surface area contributed by atoms with E-state index in [-0.39, 0.29) is 106 Å². The van der Waals surface area contributed by atoms with Gasteiger partial charge in [-0.05, 0) is 70.4 Å². The molecule has 0 N–H and O–H groups in total. The van der Waals surface area contributed by atoms with Crippen molar-refractivity contribution >= 4 is 40.1 Å². The van der Waals surface area contributed by atoms with Gasteiger partial charge in [0.05, 0.1) is 11.2 Å². The van der Waals surface area contributed by atoms with Crippen LogP contribution in [0.4, 0.5) is 11.4 Å². The van der Waals surface area contributed by atoms with Gasteiger partial charge in [-0.2, -0.15) is 4.58 Å². The van der Waals surface area contributed by atoms with E-state index in [2.05, 4.69) is 26.8 Å². The Balaban J connectivity index is 0.00000353. The average Bonchev–Trinajstić information content (AvgIpc) is 3.24. The molecule has 0 spiro atoms. The molecule has 2 aliphatic rings. The fourth-order valence-electron chi connectivity index (χ4n) is 5.95. The molecule has 13 heteroatoms. The number of hydrogen-bond acceptors (Lipinski definition) is 7. The molecule has 4 rings (SSSR count). The van der Waals surface area contributed by atoms with Gasteiger partial charge in [0.1, 0.15) is 10.1 Å². The maximum absolute atomic E-state index is 11.7. The summed E-state index contributed by atoms with van der Waals surface area (Å²) in [4.78, 5) is 25.3. The number of anilines is 1. The summed E-state index contributed by atoms with van der Waals surface area (Å²) in [6, 6.07) is 10.5. The quantitative estimate of drug-likeness (QED) is 0.0645. The number of rotatable bonds is 9. The molecule has 0 amide bonds. The topological polar surface area (TPSA) is 127 Å². The van der Waals surface area contributed by atoms with Crippen LogP contribution in [0.1, 0.15) is 51.3 Å². The zero-order valence-corrected chi connectivity index (χ0v) is 36.2. The van der Waals surface area contributed by atoms with E-state index in [1.165, 1.54) is 12.1 Å². The first-order valence-corrected chi connectivity index (χ1v) is 17.2. The minimum absolute atomic E-state index is 0. The van der Waals surface area contributed by atoms with E-state index in [0.717, 1.165) is 45.0 Å². The number of aryl methyl sites for hydroxylation is 1. The first-order valence-electron chi connectivity index (χ1n) is 14.1. The predicted octanol–water partition coefficient (Wildman–Crippen LogP) is -4.96. The van der Waals surface area contributed by atoms with Crippen LogP contribution in [0.3, 0.4) is 0 Å². The van der Waals surface area contributed by atoms with Crippen molar-refractivity contribution in [3.8, 4) is 0 Å². The minimum Gasteiger partial charge on any atom is -0.807 e. The fourth-order valence-corrected chi connectivity index (χ4v) is 6.90. The van der Waals surface area contributed by atoms with Gasteiger partial charge in [-0.3, -0.25) is 0 Å². The van der Waals surface area contributed by atoms with Crippen molar-refractivity contribution in [3.05, 3.63) is 108 Å². The monoisotopic (exact) mass is 690 g/mol. The predicted molar refractivity (Wildman–Crippen MR) is 168 cm³/mol. The van der Waals surface area contributed by atoms with E-state index >= 15 is 0 Å². The molecule has 0 atom stereocenters. The van der Waals surface area contributed by atoms with Crippen molar-refractivity contribution in [2.45, 2.75) is 52.4 Å². The van der Waals surface area contributed by atoms with Gasteiger partial charge >= 0.3 is 88.7 Å². The average molecular weight is 691 g/mol. The summed E-state index contributed by atoms with van der Waals surface area (Å²) in [5.41, 5.74) is 6.54. The third-order valence-electron chi connectivity index (χ3n) is 8.25. The Hall–Kier alpha value is -0.0700. The summed E-state index contributed by atoms with van der Waals surface area (Å²) >= 11 is 0. The molecule has 230 valence electrons. The fraction of sp³-hybridized carbons (Fsp3) is 0.333. The van der Waals surface area contributed by atoms with Crippen LogP contribution in [-0.2, 0) is 25.5 Å². The Morgan fingerprint density at radius 3 is 2.24 bits per heavy atom. The Morgan fingerprint density at radius 2 is 1.65 bits per heavy atom. The van der Waals surface area contributed by atoms with Gasteiger partial charge in [0.15, 0.2) is 12.3 Å². The molecule has 0 fully saturated rings. The van der Waals surface area contributed by atoms with Gasteiger partial charge in [0.25, 0.3) is 0 Å². The third-order valence-corrected chi connectivity index (χ3v) is 9.85. The molecule has 2 aliphatic heterocycles. The summed E-state index contributed by atoms with van der Waals surface area (Å²) in [6.07, 6.45) is 11.7. The molecule has 2 heterocycles. The smallest absolute Gasteiger partial charge is 0.807 e. The van der Waals surface area contributed by atoms with Crippen LogP contribution < -0.4 is 109 Å². The maximum atomic E-state index is 11.7. The molecular weight excluding hydrogens is 652 g/mol. The van der Waals surface area contributed by atoms with Crippen molar-refractivity contribution in [3.63, 3.8) is 0 Å². The molecule has 2 aromatic rings. The van der Waals surface area contributed by atoms with Gasteiger partial charge in [-0.25, -0.2) is 8.42 Å². The van der Waals surface area contributed by atoms with Crippen LogP contribution in [0.2, 0.25) is 0 Å². The van der Waals surface area contributed by atoms with Crippen molar-refractivity contribution in [1.82, 2.24) is 0 Å². The van der Waals surface area contributed by atoms with Gasteiger partial charge in [0, 0.05) is 34.5 Å². The van der Waals surface area contributed by atoms with Crippen molar-refractivity contribution < 1.29 is 121 Å². The van der Waals surface area contributed by atoms with Crippen LogP contribution in [0, 0.1) is 13.8 Å². The second-order valence-corrected chi connectivity index (χ2v) is 15.1. The van der Waals surface area contributed by atoms with Crippen molar-refractivity contribution in [1.29, 1.82) is 0 Å². The van der Waals surface area contributed by atoms with E-state index in [4.69, 9.17) is 0 Å². The Labute approximate surface area is 340 Å². The largest absolute Gasteiger partial charge is 1.00 e. The van der Waals surface area contributed by atoms with Gasteiger partial charge in [-0.1, -0.05) is 61.4 Å². The normalized spacial score (nSPS) is 18.0. The number of allylic oxidation sites excluding steroid dienone is 8. The number of hydrogen-bond donors (Lipinski definition) is 0. The van der Waals surface area contributed by atoms with Crippen LogP contribution in [0.5, 0.6) is 0 Å².